The highest BCUT2D eigenvalue weighted by atomic mass is 15.2. The van der Waals surface area contributed by atoms with Crippen molar-refractivity contribution in [2.45, 2.75) is 39.2 Å². The van der Waals surface area contributed by atoms with Crippen molar-refractivity contribution in [3.63, 3.8) is 0 Å². The van der Waals surface area contributed by atoms with Crippen molar-refractivity contribution in [1.82, 2.24) is 14.9 Å². The molecule has 1 unspecified atom stereocenters. The zero-order valence-electron chi connectivity index (χ0n) is 13.2. The summed E-state index contributed by atoms with van der Waals surface area (Å²) in [7, 11) is 4.06. The van der Waals surface area contributed by atoms with Gasteiger partial charge in [0.2, 0.25) is 0 Å². The quantitative estimate of drug-likeness (QED) is 0.861. The maximum absolute atomic E-state index is 4.51. The first-order valence-electron chi connectivity index (χ1n) is 7.68. The first-order valence-corrected chi connectivity index (χ1v) is 7.68. The second kappa shape index (κ2) is 6.88. The maximum Gasteiger partial charge on any atom is 0.137 e. The van der Waals surface area contributed by atoms with Gasteiger partial charge in [-0.15, -0.1) is 0 Å². The second-order valence-electron chi connectivity index (χ2n) is 5.43. The Balaban J connectivity index is 2.14. The molecule has 2 rings (SSSR count). The van der Waals surface area contributed by atoms with Crippen LogP contribution < -0.4 is 10.2 Å². The summed E-state index contributed by atoms with van der Waals surface area (Å²) in [6.45, 7) is 7.83. The predicted octanol–water partition coefficient (Wildman–Crippen LogP) is 2.00. The molecule has 1 aliphatic rings. The third-order valence-corrected chi connectivity index (χ3v) is 4.26. The normalized spacial score (nSPS) is 19.3. The molecule has 0 amide bonds. The number of aromatic nitrogens is 2. The van der Waals surface area contributed by atoms with E-state index < -0.39 is 0 Å². The van der Waals surface area contributed by atoms with Gasteiger partial charge in [0, 0.05) is 32.2 Å². The number of likely N-dealkylation sites (tertiary alicyclic amines) is 1. The van der Waals surface area contributed by atoms with Crippen LogP contribution in [0.2, 0.25) is 0 Å². The Labute approximate surface area is 122 Å². The minimum Gasteiger partial charge on any atom is -0.373 e. The molecule has 1 fully saturated rings. The van der Waals surface area contributed by atoms with Crippen molar-refractivity contribution in [2.24, 2.45) is 0 Å². The fourth-order valence-corrected chi connectivity index (χ4v) is 3.19. The van der Waals surface area contributed by atoms with Crippen LogP contribution in [-0.4, -0.2) is 54.6 Å². The molecule has 0 radical (unpaired) electrons. The fraction of sp³-hybridized carbons (Fsp3) is 0.733. The molecule has 0 saturated carbocycles. The van der Waals surface area contributed by atoms with Gasteiger partial charge in [0.1, 0.15) is 18.0 Å². The van der Waals surface area contributed by atoms with Gasteiger partial charge in [-0.3, -0.25) is 4.90 Å². The van der Waals surface area contributed by atoms with E-state index in [4.69, 9.17) is 0 Å². The zero-order chi connectivity index (χ0) is 14.5. The number of hydrogen-bond acceptors (Lipinski definition) is 5. The van der Waals surface area contributed by atoms with Crippen molar-refractivity contribution in [3.8, 4) is 0 Å². The fourth-order valence-electron chi connectivity index (χ4n) is 3.19. The minimum atomic E-state index is 0.655. The molecule has 112 valence electrons. The Morgan fingerprint density at radius 3 is 2.85 bits per heavy atom. The van der Waals surface area contributed by atoms with Crippen LogP contribution >= 0.6 is 0 Å². The molecule has 5 heteroatoms. The molecule has 5 nitrogen and oxygen atoms in total. The van der Waals surface area contributed by atoms with Crippen LogP contribution in [-0.2, 0) is 6.42 Å². The number of nitrogens with one attached hydrogen (secondary N) is 1. The molecule has 1 atom stereocenters. The number of hydrogen-bond donors (Lipinski definition) is 1. The van der Waals surface area contributed by atoms with E-state index in [2.05, 4.69) is 46.0 Å². The molecular weight excluding hydrogens is 250 g/mol. The average Bonchev–Trinajstić information content (AvgIpc) is 2.93. The van der Waals surface area contributed by atoms with E-state index in [9.17, 15) is 0 Å². The number of likely N-dealkylation sites (N-methyl/N-ethyl adjacent to an activating group) is 2. The molecule has 1 aromatic rings. The van der Waals surface area contributed by atoms with Crippen LogP contribution in [0.1, 0.15) is 32.3 Å². The van der Waals surface area contributed by atoms with Crippen LogP contribution in [0.25, 0.3) is 0 Å². The Morgan fingerprint density at radius 2 is 2.20 bits per heavy atom. The molecule has 1 N–H and O–H groups in total. The van der Waals surface area contributed by atoms with Crippen LogP contribution in [0.5, 0.6) is 0 Å². The second-order valence-corrected chi connectivity index (χ2v) is 5.43. The predicted molar refractivity (Wildman–Crippen MR) is 84.5 cm³/mol. The smallest absolute Gasteiger partial charge is 0.137 e. The summed E-state index contributed by atoms with van der Waals surface area (Å²) in [5.74, 6) is 2.01. The van der Waals surface area contributed by atoms with E-state index >= 15 is 0 Å². The summed E-state index contributed by atoms with van der Waals surface area (Å²) in [6.07, 6.45) is 5.21. The largest absolute Gasteiger partial charge is 0.373 e. The molecule has 2 heterocycles. The molecule has 20 heavy (non-hydrogen) atoms. The van der Waals surface area contributed by atoms with Gasteiger partial charge >= 0.3 is 0 Å². The molecule has 1 aliphatic heterocycles. The zero-order valence-corrected chi connectivity index (χ0v) is 13.2. The Morgan fingerprint density at radius 1 is 1.40 bits per heavy atom. The number of rotatable bonds is 6. The van der Waals surface area contributed by atoms with E-state index in [0.717, 1.165) is 31.1 Å². The van der Waals surface area contributed by atoms with Crippen molar-refractivity contribution in [3.05, 3.63) is 11.9 Å². The summed E-state index contributed by atoms with van der Waals surface area (Å²) >= 11 is 0. The highest BCUT2D eigenvalue weighted by Crippen LogP contribution is 2.25. The van der Waals surface area contributed by atoms with Gasteiger partial charge < -0.3 is 10.2 Å². The van der Waals surface area contributed by atoms with Crippen LogP contribution in [0.15, 0.2) is 6.33 Å². The molecule has 0 aliphatic carbocycles. The van der Waals surface area contributed by atoms with Gasteiger partial charge in [-0.2, -0.15) is 0 Å². The highest BCUT2D eigenvalue weighted by Gasteiger charge is 2.25. The van der Waals surface area contributed by atoms with Gasteiger partial charge in [0.05, 0.1) is 0 Å². The van der Waals surface area contributed by atoms with Gasteiger partial charge in [0.15, 0.2) is 0 Å². The summed E-state index contributed by atoms with van der Waals surface area (Å²) in [4.78, 5) is 13.7. The summed E-state index contributed by atoms with van der Waals surface area (Å²) < 4.78 is 0. The van der Waals surface area contributed by atoms with Gasteiger partial charge in [-0.05, 0) is 32.4 Å². The SMILES string of the molecule is CCc1c(NC)ncnc1N(C)CC1CCCN1CC. The maximum atomic E-state index is 4.51. The monoisotopic (exact) mass is 277 g/mol. The average molecular weight is 277 g/mol. The van der Waals surface area contributed by atoms with E-state index in [1.54, 1.807) is 6.33 Å². The summed E-state index contributed by atoms with van der Waals surface area (Å²) in [6, 6.07) is 0.655. The van der Waals surface area contributed by atoms with E-state index in [1.165, 1.54) is 24.9 Å². The van der Waals surface area contributed by atoms with Crippen molar-refractivity contribution < 1.29 is 0 Å². The standard InChI is InChI=1S/C15H27N5/c1-5-13-14(16-3)17-11-18-15(13)19(4)10-12-8-7-9-20(12)6-2/h11-12H,5-10H2,1-4H3,(H,16,17,18). The van der Waals surface area contributed by atoms with Crippen LogP contribution in [0.4, 0.5) is 11.6 Å². The molecular formula is C15H27N5. The highest BCUT2D eigenvalue weighted by molar-refractivity contribution is 5.58. The molecule has 0 bridgehead atoms. The van der Waals surface area contributed by atoms with Crippen molar-refractivity contribution >= 4 is 11.6 Å². The molecule has 1 saturated heterocycles. The van der Waals surface area contributed by atoms with Crippen LogP contribution in [0, 0.1) is 0 Å². The summed E-state index contributed by atoms with van der Waals surface area (Å²) in [5.41, 5.74) is 1.21. The van der Waals surface area contributed by atoms with Gasteiger partial charge in [-0.1, -0.05) is 13.8 Å². The van der Waals surface area contributed by atoms with Gasteiger partial charge in [0.25, 0.3) is 0 Å². The third kappa shape index (κ3) is 3.03. The third-order valence-electron chi connectivity index (χ3n) is 4.26. The minimum absolute atomic E-state index is 0.655. The lowest BCUT2D eigenvalue weighted by molar-refractivity contribution is 0.270. The topological polar surface area (TPSA) is 44.3 Å². The Kier molecular flexibility index (Phi) is 5.17. The molecule has 0 aromatic carbocycles. The molecule has 0 spiro atoms. The van der Waals surface area contributed by atoms with E-state index in [1.807, 2.05) is 7.05 Å². The van der Waals surface area contributed by atoms with Crippen molar-refractivity contribution in [1.29, 1.82) is 0 Å². The Hall–Kier alpha value is -1.36. The first kappa shape index (κ1) is 15.0. The first-order chi connectivity index (χ1) is 9.71. The van der Waals surface area contributed by atoms with E-state index in [0.29, 0.717) is 6.04 Å². The van der Waals surface area contributed by atoms with Crippen molar-refractivity contribution in [2.75, 3.05) is 43.9 Å². The number of nitrogens with zero attached hydrogens (tertiary/aromatic N) is 4. The van der Waals surface area contributed by atoms with Gasteiger partial charge in [-0.25, -0.2) is 9.97 Å². The lowest BCUT2D eigenvalue weighted by atomic mass is 10.1. The lowest BCUT2D eigenvalue weighted by Crippen LogP contribution is -2.39. The summed E-state index contributed by atoms with van der Waals surface area (Å²) in [5, 5.41) is 3.17. The van der Waals surface area contributed by atoms with E-state index in [-0.39, 0.29) is 0 Å². The lowest BCUT2D eigenvalue weighted by Gasteiger charge is -2.29. The van der Waals surface area contributed by atoms with Crippen LogP contribution in [0.3, 0.4) is 0 Å². The molecule has 1 aromatic heterocycles. The number of anilines is 2. The Bertz CT molecular complexity index is 434.